The minimum absolute atomic E-state index is 0.000311. The summed E-state index contributed by atoms with van der Waals surface area (Å²) < 4.78 is 0. The summed E-state index contributed by atoms with van der Waals surface area (Å²) in [5, 5.41) is 3.76. The highest BCUT2D eigenvalue weighted by Crippen LogP contribution is 2.14. The normalized spacial score (nSPS) is 17.7. The SMILES string of the molecule is CC(C)N1CCC(NC(=O)c2ccc(Cl)cc2)CC1. The second kappa shape index (κ2) is 6.40. The Morgan fingerprint density at radius 1 is 1.26 bits per heavy atom. The third-order valence-corrected chi connectivity index (χ3v) is 3.95. The zero-order valence-electron chi connectivity index (χ0n) is 11.5. The van der Waals surface area contributed by atoms with E-state index in [0.29, 0.717) is 16.6 Å². The number of benzene rings is 1. The first-order valence-corrected chi connectivity index (χ1v) is 7.24. The minimum atomic E-state index is -0.000311. The maximum atomic E-state index is 12.1. The molecule has 104 valence electrons. The van der Waals surface area contributed by atoms with E-state index in [1.807, 2.05) is 0 Å². The average molecular weight is 281 g/mol. The van der Waals surface area contributed by atoms with Gasteiger partial charge in [0.1, 0.15) is 0 Å². The highest BCUT2D eigenvalue weighted by atomic mass is 35.5. The van der Waals surface area contributed by atoms with E-state index in [1.165, 1.54) is 0 Å². The van der Waals surface area contributed by atoms with Gasteiger partial charge in [-0.3, -0.25) is 4.79 Å². The number of hydrogen-bond acceptors (Lipinski definition) is 2. The van der Waals surface area contributed by atoms with Crippen molar-refractivity contribution >= 4 is 17.5 Å². The molecule has 0 spiro atoms. The lowest BCUT2D eigenvalue weighted by Gasteiger charge is -2.34. The van der Waals surface area contributed by atoms with Crippen molar-refractivity contribution in [1.82, 2.24) is 10.2 Å². The molecule has 0 aliphatic carbocycles. The number of amides is 1. The van der Waals surface area contributed by atoms with E-state index in [1.54, 1.807) is 24.3 Å². The van der Waals surface area contributed by atoms with Crippen LogP contribution in [0.4, 0.5) is 0 Å². The molecule has 1 fully saturated rings. The molecule has 0 unspecified atom stereocenters. The van der Waals surface area contributed by atoms with E-state index in [-0.39, 0.29) is 11.9 Å². The Hall–Kier alpha value is -1.06. The van der Waals surface area contributed by atoms with Crippen molar-refractivity contribution in [2.45, 2.75) is 38.8 Å². The molecule has 0 bridgehead atoms. The van der Waals surface area contributed by atoms with E-state index >= 15 is 0 Å². The Labute approximate surface area is 119 Å². The summed E-state index contributed by atoms with van der Waals surface area (Å²) in [6.45, 7) is 6.55. The Morgan fingerprint density at radius 2 is 1.84 bits per heavy atom. The Bertz CT molecular complexity index is 422. The molecular formula is C15H21ClN2O. The number of likely N-dealkylation sites (tertiary alicyclic amines) is 1. The molecule has 1 aromatic carbocycles. The smallest absolute Gasteiger partial charge is 0.251 e. The van der Waals surface area contributed by atoms with E-state index in [0.717, 1.165) is 25.9 Å². The van der Waals surface area contributed by atoms with Crippen LogP contribution in [0.25, 0.3) is 0 Å². The van der Waals surface area contributed by atoms with Gasteiger partial charge in [0.05, 0.1) is 0 Å². The van der Waals surface area contributed by atoms with Crippen molar-refractivity contribution in [2.75, 3.05) is 13.1 Å². The molecule has 4 heteroatoms. The van der Waals surface area contributed by atoms with Crippen LogP contribution in [0, 0.1) is 0 Å². The highest BCUT2D eigenvalue weighted by molar-refractivity contribution is 6.30. The number of halogens is 1. The summed E-state index contributed by atoms with van der Waals surface area (Å²) >= 11 is 5.82. The summed E-state index contributed by atoms with van der Waals surface area (Å²) in [4.78, 5) is 14.5. The number of nitrogens with one attached hydrogen (secondary N) is 1. The number of piperidine rings is 1. The molecule has 2 rings (SSSR count). The summed E-state index contributed by atoms with van der Waals surface area (Å²) in [7, 11) is 0. The average Bonchev–Trinajstić information content (AvgIpc) is 2.40. The van der Waals surface area contributed by atoms with Crippen LogP contribution in [-0.4, -0.2) is 36.0 Å². The van der Waals surface area contributed by atoms with Crippen molar-refractivity contribution in [2.24, 2.45) is 0 Å². The summed E-state index contributed by atoms with van der Waals surface area (Å²) in [6, 6.07) is 7.91. The molecule has 1 N–H and O–H groups in total. The standard InChI is InChI=1S/C15H21ClN2O/c1-11(2)18-9-7-14(8-10-18)17-15(19)12-3-5-13(16)6-4-12/h3-6,11,14H,7-10H2,1-2H3,(H,17,19). The van der Waals surface area contributed by atoms with E-state index in [9.17, 15) is 4.79 Å². The third-order valence-electron chi connectivity index (χ3n) is 3.70. The van der Waals surface area contributed by atoms with Crippen LogP contribution in [0.15, 0.2) is 24.3 Å². The molecule has 19 heavy (non-hydrogen) atoms. The van der Waals surface area contributed by atoms with Crippen molar-refractivity contribution in [3.8, 4) is 0 Å². The highest BCUT2D eigenvalue weighted by Gasteiger charge is 2.22. The molecule has 1 amide bonds. The number of rotatable bonds is 3. The van der Waals surface area contributed by atoms with Gasteiger partial charge >= 0.3 is 0 Å². The fourth-order valence-electron chi connectivity index (χ4n) is 2.43. The molecular weight excluding hydrogens is 260 g/mol. The van der Waals surface area contributed by atoms with Crippen molar-refractivity contribution in [3.63, 3.8) is 0 Å². The lowest BCUT2D eigenvalue weighted by molar-refractivity contribution is 0.0900. The third kappa shape index (κ3) is 3.95. The summed E-state index contributed by atoms with van der Waals surface area (Å²) in [6.07, 6.45) is 2.05. The zero-order chi connectivity index (χ0) is 13.8. The lowest BCUT2D eigenvalue weighted by Crippen LogP contribution is -2.46. The molecule has 0 radical (unpaired) electrons. The molecule has 1 heterocycles. The van der Waals surface area contributed by atoms with E-state index < -0.39 is 0 Å². The first kappa shape index (κ1) is 14.4. The van der Waals surface area contributed by atoms with Crippen LogP contribution < -0.4 is 5.32 Å². The topological polar surface area (TPSA) is 32.3 Å². The summed E-state index contributed by atoms with van der Waals surface area (Å²) in [5.74, 6) is -0.000311. The van der Waals surface area contributed by atoms with Gasteiger partial charge in [0.25, 0.3) is 5.91 Å². The van der Waals surface area contributed by atoms with Gasteiger partial charge in [-0.05, 0) is 51.0 Å². The van der Waals surface area contributed by atoms with Crippen molar-refractivity contribution in [1.29, 1.82) is 0 Å². The lowest BCUT2D eigenvalue weighted by atomic mass is 10.0. The molecule has 1 aliphatic rings. The summed E-state index contributed by atoms with van der Waals surface area (Å²) in [5.41, 5.74) is 0.677. The van der Waals surface area contributed by atoms with Crippen LogP contribution in [-0.2, 0) is 0 Å². The van der Waals surface area contributed by atoms with Gasteiger partial charge in [0.15, 0.2) is 0 Å². The maximum absolute atomic E-state index is 12.1. The van der Waals surface area contributed by atoms with Crippen molar-refractivity contribution < 1.29 is 4.79 Å². The van der Waals surface area contributed by atoms with Crippen molar-refractivity contribution in [3.05, 3.63) is 34.9 Å². The van der Waals surface area contributed by atoms with Gasteiger partial charge in [-0.25, -0.2) is 0 Å². The van der Waals surface area contributed by atoms with Gasteiger partial charge in [-0.15, -0.1) is 0 Å². The second-order valence-electron chi connectivity index (χ2n) is 5.38. The zero-order valence-corrected chi connectivity index (χ0v) is 12.3. The predicted molar refractivity (Wildman–Crippen MR) is 78.6 cm³/mol. The quantitative estimate of drug-likeness (QED) is 0.923. The predicted octanol–water partition coefficient (Wildman–Crippen LogP) is 2.94. The molecule has 1 saturated heterocycles. The molecule has 1 aromatic rings. The molecule has 0 aromatic heterocycles. The van der Waals surface area contributed by atoms with Crippen LogP contribution in [0.5, 0.6) is 0 Å². The van der Waals surface area contributed by atoms with Gasteiger partial charge in [0, 0.05) is 35.8 Å². The second-order valence-corrected chi connectivity index (χ2v) is 5.82. The largest absolute Gasteiger partial charge is 0.349 e. The fraction of sp³-hybridized carbons (Fsp3) is 0.533. The molecule has 0 saturated carbocycles. The molecule has 3 nitrogen and oxygen atoms in total. The molecule has 0 atom stereocenters. The number of carbonyl (C=O) groups is 1. The van der Waals surface area contributed by atoms with Gasteiger partial charge in [-0.2, -0.15) is 0 Å². The van der Waals surface area contributed by atoms with Crippen LogP contribution in [0.3, 0.4) is 0 Å². The van der Waals surface area contributed by atoms with Gasteiger partial charge < -0.3 is 10.2 Å². The first-order chi connectivity index (χ1) is 9.06. The van der Waals surface area contributed by atoms with E-state index in [2.05, 4.69) is 24.1 Å². The van der Waals surface area contributed by atoms with Crippen LogP contribution >= 0.6 is 11.6 Å². The first-order valence-electron chi connectivity index (χ1n) is 6.87. The monoisotopic (exact) mass is 280 g/mol. The van der Waals surface area contributed by atoms with Crippen LogP contribution in [0.1, 0.15) is 37.0 Å². The van der Waals surface area contributed by atoms with Crippen LogP contribution in [0.2, 0.25) is 5.02 Å². The Balaban J connectivity index is 1.85. The van der Waals surface area contributed by atoms with E-state index in [4.69, 9.17) is 11.6 Å². The molecule has 1 aliphatic heterocycles. The fourth-order valence-corrected chi connectivity index (χ4v) is 2.56. The maximum Gasteiger partial charge on any atom is 0.251 e. The number of hydrogen-bond donors (Lipinski definition) is 1. The number of nitrogens with zero attached hydrogens (tertiary/aromatic N) is 1. The van der Waals surface area contributed by atoms with Gasteiger partial charge in [0.2, 0.25) is 0 Å². The van der Waals surface area contributed by atoms with Gasteiger partial charge in [-0.1, -0.05) is 11.6 Å². The number of carbonyl (C=O) groups excluding carboxylic acids is 1. The minimum Gasteiger partial charge on any atom is -0.349 e. The Morgan fingerprint density at radius 3 is 2.37 bits per heavy atom. The Kier molecular flexibility index (Phi) is 4.83.